The van der Waals surface area contributed by atoms with Crippen molar-refractivity contribution in [1.29, 1.82) is 0 Å². The molecule has 4 aliphatic rings. The van der Waals surface area contributed by atoms with Crippen molar-refractivity contribution in [3.05, 3.63) is 116 Å². The van der Waals surface area contributed by atoms with Crippen LogP contribution in [0, 0.1) is 19.3 Å². The van der Waals surface area contributed by atoms with E-state index in [0.29, 0.717) is 27.9 Å². The van der Waals surface area contributed by atoms with Crippen molar-refractivity contribution < 1.29 is 22.4 Å². The third-order valence-corrected chi connectivity index (χ3v) is 12.0. The maximum absolute atomic E-state index is 14.3. The first-order chi connectivity index (χ1) is 23.0. The predicted molar refractivity (Wildman–Crippen MR) is 181 cm³/mol. The third-order valence-electron chi connectivity index (χ3n) is 10.6. The zero-order valence-electron chi connectivity index (χ0n) is 27.5. The number of rotatable bonds is 11. The molecule has 1 saturated carbocycles. The number of nitrogens with one attached hydrogen (secondary N) is 1. The van der Waals surface area contributed by atoms with Gasteiger partial charge < -0.3 is 14.6 Å². The Morgan fingerprint density at radius 1 is 1.02 bits per heavy atom. The van der Waals surface area contributed by atoms with Gasteiger partial charge in [0, 0.05) is 29.8 Å². The summed E-state index contributed by atoms with van der Waals surface area (Å²) in [6.07, 6.45) is 8.14. The second kappa shape index (κ2) is 11.8. The van der Waals surface area contributed by atoms with E-state index in [1.54, 1.807) is 54.9 Å². The van der Waals surface area contributed by atoms with E-state index in [1.165, 1.54) is 16.8 Å². The number of hydrogen-bond donors (Lipinski definition) is 1. The molecule has 1 saturated heterocycles. The molecule has 10 nitrogen and oxygen atoms in total. The zero-order valence-corrected chi connectivity index (χ0v) is 28.3. The van der Waals surface area contributed by atoms with Crippen LogP contribution in [-0.2, 0) is 27.8 Å². The monoisotopic (exact) mass is 665 g/mol. The number of anilines is 1. The van der Waals surface area contributed by atoms with Crippen LogP contribution in [0.1, 0.15) is 74.3 Å². The first-order valence-electron chi connectivity index (χ1n) is 16.6. The normalized spacial score (nSPS) is 19.7. The highest BCUT2D eigenvalue weighted by molar-refractivity contribution is 7.92. The molecule has 1 atom stereocenters. The van der Waals surface area contributed by atoms with Crippen LogP contribution in [0.3, 0.4) is 0 Å². The van der Waals surface area contributed by atoms with Gasteiger partial charge in [-0.2, -0.15) is 0 Å². The van der Waals surface area contributed by atoms with Gasteiger partial charge in [0.1, 0.15) is 5.41 Å². The predicted octanol–water partition coefficient (Wildman–Crippen LogP) is 6.89. The van der Waals surface area contributed by atoms with E-state index in [9.17, 15) is 23.5 Å². The Bertz CT molecular complexity index is 2170. The van der Waals surface area contributed by atoms with E-state index < -0.39 is 21.0 Å². The number of unbranched alkanes of at least 4 members (excludes halogenated alkanes) is 1. The van der Waals surface area contributed by atoms with E-state index in [1.807, 2.05) is 18.2 Å². The minimum Gasteiger partial charge on any atom is -0.499 e. The summed E-state index contributed by atoms with van der Waals surface area (Å²) in [5, 5.41) is 3.88. The lowest BCUT2D eigenvalue weighted by Crippen LogP contribution is -2.51. The van der Waals surface area contributed by atoms with Crippen LogP contribution >= 0.6 is 0 Å². The second-order valence-corrected chi connectivity index (χ2v) is 15.0. The lowest BCUT2D eigenvalue weighted by atomic mass is 9.76. The number of Topliss-reactive ketones (excluding diaryl/α,β-unsaturated/α-hetero) is 1. The molecule has 4 heterocycles. The first kappa shape index (κ1) is 31.9. The highest BCUT2D eigenvalue weighted by atomic mass is 32.2. The Morgan fingerprint density at radius 2 is 1.77 bits per heavy atom. The Hall–Kier alpha value is -4.64. The van der Waals surface area contributed by atoms with Gasteiger partial charge in [0.15, 0.2) is 5.70 Å². The number of sulfonamides is 1. The van der Waals surface area contributed by atoms with E-state index in [4.69, 9.17) is 4.52 Å². The molecule has 11 heteroatoms. The molecule has 48 heavy (non-hydrogen) atoms. The largest absolute Gasteiger partial charge is 0.499 e. The molecule has 0 amide bonds. The van der Waals surface area contributed by atoms with Gasteiger partial charge in [-0.3, -0.25) is 14.3 Å². The number of allylic oxidation sites excluding steroid dienone is 1. The van der Waals surface area contributed by atoms with Crippen LogP contribution in [0.25, 0.3) is 16.7 Å². The van der Waals surface area contributed by atoms with Crippen molar-refractivity contribution in [3.63, 3.8) is 0 Å². The molecule has 2 aliphatic carbocycles. The summed E-state index contributed by atoms with van der Waals surface area (Å²) in [6.45, 7) is 5.76. The van der Waals surface area contributed by atoms with E-state index in [-0.39, 0.29) is 35.1 Å². The number of benzene rings is 2. The molecule has 248 valence electrons. The molecular weight excluding hydrogens is 627 g/mol. The van der Waals surface area contributed by atoms with E-state index >= 15 is 0 Å². The lowest BCUT2D eigenvalue weighted by Gasteiger charge is -2.36. The van der Waals surface area contributed by atoms with Gasteiger partial charge in [-0.1, -0.05) is 73.8 Å². The molecular formula is C37H39N5O5S. The summed E-state index contributed by atoms with van der Waals surface area (Å²) < 4.78 is 38.3. The number of aromatic nitrogens is 2. The number of carbonyl (C=O) groups is 1. The summed E-state index contributed by atoms with van der Waals surface area (Å²) in [4.78, 5) is 27.3. The average molecular weight is 666 g/mol. The van der Waals surface area contributed by atoms with Crippen molar-refractivity contribution in [2.75, 3.05) is 4.72 Å². The molecule has 0 radical (unpaired) electrons. The summed E-state index contributed by atoms with van der Waals surface area (Å²) in [7, 11) is -4.12. The zero-order chi connectivity index (χ0) is 33.8. The highest BCUT2D eigenvalue weighted by Crippen LogP contribution is 2.65. The minimum absolute atomic E-state index is 0.0376. The minimum atomic E-state index is -4.12. The van der Waals surface area contributed by atoms with Gasteiger partial charge in [0.05, 0.1) is 22.7 Å². The van der Waals surface area contributed by atoms with Gasteiger partial charge in [-0.05, 0) is 68.4 Å². The van der Waals surface area contributed by atoms with Crippen molar-refractivity contribution >= 4 is 21.7 Å². The molecule has 1 spiro atoms. The van der Waals surface area contributed by atoms with Crippen LogP contribution in [-0.4, -0.2) is 34.2 Å². The van der Waals surface area contributed by atoms with Gasteiger partial charge in [-0.15, -0.1) is 0 Å². The van der Waals surface area contributed by atoms with Crippen LogP contribution in [0.2, 0.25) is 0 Å². The Balaban J connectivity index is 1.32. The SMILES string of the molecule is CCCCC1=C2[N+](=[N-])C1(Cc1ccc(-c3ccccc3S(=O)(=O)Nc3onc(C)c3C)c(Cn3ccccc3=O)c1)C(=O)C21CCCC1. The molecule has 2 fully saturated rings. The highest BCUT2D eigenvalue weighted by Gasteiger charge is 2.78. The number of carbonyl (C=O) groups excluding carboxylic acids is 1. The quantitative estimate of drug-likeness (QED) is 0.173. The van der Waals surface area contributed by atoms with Crippen LogP contribution in [0.15, 0.2) is 92.3 Å². The standard InChI is InChI=1S/C37H39N5O5S/c1-4-5-13-30-33-36(18-9-10-19-36)35(44)37(30,42(33)38)22-26-16-17-28(27(21-26)23-41-20-11-8-15-32(41)43)29-12-6-7-14-31(29)48(45,46)40-34-24(2)25(3)39-47-34/h6-8,11-12,14-17,20-21,40H,4-5,9-10,13,18-19,22-23H2,1-3H3. The van der Waals surface area contributed by atoms with Crippen LogP contribution in [0.4, 0.5) is 5.88 Å². The maximum Gasteiger partial charge on any atom is 0.264 e. The summed E-state index contributed by atoms with van der Waals surface area (Å²) in [6, 6.07) is 17.3. The molecule has 2 aliphatic heterocycles. The van der Waals surface area contributed by atoms with Gasteiger partial charge in [0.2, 0.25) is 17.2 Å². The summed E-state index contributed by atoms with van der Waals surface area (Å²) >= 11 is 0. The third kappa shape index (κ3) is 4.81. The number of aryl methyl sites for hydroxylation is 1. The molecule has 1 unspecified atom stereocenters. The fourth-order valence-electron chi connectivity index (χ4n) is 8.03. The Morgan fingerprint density at radius 3 is 2.48 bits per heavy atom. The topological polar surface area (TPSA) is 137 Å². The average Bonchev–Trinajstić information content (AvgIpc) is 3.78. The number of ketones is 1. The number of nitrogens with zero attached hydrogens (tertiary/aromatic N) is 4. The van der Waals surface area contributed by atoms with Crippen LogP contribution in [0.5, 0.6) is 0 Å². The molecule has 1 N–H and O–H groups in total. The van der Waals surface area contributed by atoms with Crippen LogP contribution < -0.4 is 10.3 Å². The summed E-state index contributed by atoms with van der Waals surface area (Å²) in [5.74, 6) is 0.149. The molecule has 8 rings (SSSR count). The van der Waals surface area contributed by atoms with Crippen molar-refractivity contribution in [1.82, 2.24) is 9.72 Å². The van der Waals surface area contributed by atoms with E-state index in [0.717, 1.165) is 61.8 Å². The fourth-order valence-corrected chi connectivity index (χ4v) is 9.30. The molecule has 2 bridgehead atoms. The maximum atomic E-state index is 14.3. The van der Waals surface area contributed by atoms with E-state index in [2.05, 4.69) is 16.8 Å². The van der Waals surface area contributed by atoms with Crippen molar-refractivity contribution in [2.45, 2.75) is 89.1 Å². The van der Waals surface area contributed by atoms with Gasteiger partial charge in [-0.25, -0.2) is 13.1 Å². The smallest absolute Gasteiger partial charge is 0.264 e. The summed E-state index contributed by atoms with van der Waals surface area (Å²) in [5.41, 5.74) is 15.2. The number of pyridine rings is 1. The first-order valence-corrected chi connectivity index (χ1v) is 18.1. The van der Waals surface area contributed by atoms with Crippen molar-refractivity contribution in [2.24, 2.45) is 5.41 Å². The molecule has 2 aromatic carbocycles. The Labute approximate surface area is 280 Å². The van der Waals surface area contributed by atoms with Gasteiger partial charge in [0.25, 0.3) is 15.6 Å². The lowest BCUT2D eigenvalue weighted by molar-refractivity contribution is -0.581. The second-order valence-electron chi connectivity index (χ2n) is 13.4. The fraction of sp³-hybridized carbons (Fsp3) is 0.378. The van der Waals surface area contributed by atoms with Crippen molar-refractivity contribution in [3.8, 4) is 11.1 Å². The Kier molecular flexibility index (Phi) is 7.85. The van der Waals surface area contributed by atoms with Gasteiger partial charge >= 0.3 is 0 Å². The molecule has 2 aromatic heterocycles. The molecule has 4 aromatic rings. The number of hydrogen-bond acceptors (Lipinski definition) is 6.